The predicted octanol–water partition coefficient (Wildman–Crippen LogP) is 1.38. The fraction of sp³-hybridized carbons (Fsp3) is 0.278. The molecule has 1 saturated heterocycles. The molecule has 0 amide bonds. The van der Waals surface area contributed by atoms with Crippen LogP contribution in [-0.2, 0) is 4.74 Å². The van der Waals surface area contributed by atoms with Gasteiger partial charge in [-0.15, -0.1) is 0 Å². The lowest BCUT2D eigenvalue weighted by atomic mass is 10.2. The van der Waals surface area contributed by atoms with Crippen LogP contribution in [0.15, 0.2) is 30.6 Å². The number of ether oxygens (including phenoxy) is 1. The number of H-pyrrole nitrogens is 1. The number of aromatic amines is 1. The van der Waals surface area contributed by atoms with Gasteiger partial charge >= 0.3 is 0 Å². The number of nitrogens with zero attached hydrogens (tertiary/aromatic N) is 7. The quantitative estimate of drug-likeness (QED) is 0.470. The van der Waals surface area contributed by atoms with Crippen molar-refractivity contribution in [2.45, 2.75) is 6.92 Å². The maximum absolute atomic E-state index is 5.96. The first-order valence-electron chi connectivity index (χ1n) is 9.27. The molecular weight excluding hydrogens is 372 g/mol. The van der Waals surface area contributed by atoms with Gasteiger partial charge in [-0.25, -0.2) is 19.5 Å². The normalized spacial score (nSPS) is 14.4. The second-order valence-electron chi connectivity index (χ2n) is 6.71. The third kappa shape index (κ3) is 3.31. The molecule has 0 saturated carbocycles. The highest BCUT2D eigenvalue weighted by Crippen LogP contribution is 2.31. The van der Waals surface area contributed by atoms with Crippen molar-refractivity contribution < 1.29 is 4.74 Å². The SMILES string of the molecule is Cc1nc(N)cc(-c2c(Nc3ccn[nH]3)nc3cc(N4CCOCC4)cnn23)n1. The summed E-state index contributed by atoms with van der Waals surface area (Å²) in [6.07, 6.45) is 3.50. The van der Waals surface area contributed by atoms with Gasteiger partial charge in [0.15, 0.2) is 11.5 Å². The molecule has 1 fully saturated rings. The van der Waals surface area contributed by atoms with Crippen molar-refractivity contribution in [3.8, 4) is 11.4 Å². The van der Waals surface area contributed by atoms with Crippen molar-refractivity contribution >= 4 is 28.8 Å². The Balaban J connectivity index is 1.65. The van der Waals surface area contributed by atoms with Crippen LogP contribution >= 0.6 is 0 Å². The van der Waals surface area contributed by atoms with Gasteiger partial charge in [0.25, 0.3) is 0 Å². The summed E-state index contributed by atoms with van der Waals surface area (Å²) in [6.45, 7) is 4.86. The standard InChI is InChI=1S/C18H20N10O/c1-11-22-13(9-14(19)23-11)17-18(24-15-2-3-20-26-15)25-16-8-12(10-21-28(16)17)27-4-6-29-7-5-27/h2-3,8-10H,4-7H2,1H3,(H2,19,22,23)(H2,20,24,26). The number of nitrogen functional groups attached to an aromatic ring is 1. The second kappa shape index (κ2) is 7.02. The van der Waals surface area contributed by atoms with Gasteiger partial charge in [-0.1, -0.05) is 0 Å². The molecular formula is C18H20N10O. The van der Waals surface area contributed by atoms with E-state index in [2.05, 4.69) is 35.5 Å². The van der Waals surface area contributed by atoms with Gasteiger partial charge in [0.2, 0.25) is 0 Å². The Labute approximate surface area is 165 Å². The zero-order chi connectivity index (χ0) is 19.8. The number of morpholine rings is 1. The van der Waals surface area contributed by atoms with E-state index in [0.29, 0.717) is 53.5 Å². The molecule has 0 aromatic carbocycles. The molecule has 4 N–H and O–H groups in total. The first kappa shape index (κ1) is 17.4. The summed E-state index contributed by atoms with van der Waals surface area (Å²) in [5.41, 5.74) is 8.99. The number of nitrogens with one attached hydrogen (secondary N) is 2. The molecule has 4 aromatic heterocycles. The van der Waals surface area contributed by atoms with Crippen molar-refractivity contribution in [3.05, 3.63) is 36.4 Å². The molecule has 11 nitrogen and oxygen atoms in total. The Morgan fingerprint density at radius 1 is 1.17 bits per heavy atom. The highest BCUT2D eigenvalue weighted by atomic mass is 16.5. The molecule has 5 heterocycles. The van der Waals surface area contributed by atoms with E-state index >= 15 is 0 Å². The number of fused-ring (bicyclic) bond motifs is 1. The highest BCUT2D eigenvalue weighted by Gasteiger charge is 2.20. The van der Waals surface area contributed by atoms with Crippen molar-refractivity contribution in [2.75, 3.05) is 42.3 Å². The van der Waals surface area contributed by atoms with Gasteiger partial charge in [-0.3, -0.25) is 5.10 Å². The van der Waals surface area contributed by atoms with Gasteiger partial charge in [0.1, 0.15) is 23.2 Å². The van der Waals surface area contributed by atoms with Crippen LogP contribution in [0, 0.1) is 6.92 Å². The predicted molar refractivity (Wildman–Crippen MR) is 108 cm³/mol. The summed E-state index contributed by atoms with van der Waals surface area (Å²) in [7, 11) is 0. The minimum atomic E-state index is 0.389. The third-order valence-corrected chi connectivity index (χ3v) is 4.69. The fourth-order valence-corrected chi connectivity index (χ4v) is 3.40. The van der Waals surface area contributed by atoms with Crippen molar-refractivity contribution in [3.63, 3.8) is 0 Å². The molecule has 29 heavy (non-hydrogen) atoms. The smallest absolute Gasteiger partial charge is 0.162 e. The molecule has 148 valence electrons. The number of nitrogens with two attached hydrogens (primary N) is 1. The van der Waals surface area contributed by atoms with Crippen LogP contribution in [0.1, 0.15) is 5.82 Å². The summed E-state index contributed by atoms with van der Waals surface area (Å²) in [5, 5.41) is 14.8. The van der Waals surface area contributed by atoms with Crippen LogP contribution in [0.25, 0.3) is 17.0 Å². The molecule has 0 radical (unpaired) electrons. The molecule has 11 heteroatoms. The Morgan fingerprint density at radius 3 is 2.79 bits per heavy atom. The van der Waals surface area contributed by atoms with Crippen LogP contribution in [0.2, 0.25) is 0 Å². The lowest BCUT2D eigenvalue weighted by Crippen LogP contribution is -2.36. The fourth-order valence-electron chi connectivity index (χ4n) is 3.40. The number of rotatable bonds is 4. The summed E-state index contributed by atoms with van der Waals surface area (Å²) < 4.78 is 7.20. The van der Waals surface area contributed by atoms with Gasteiger partial charge in [0, 0.05) is 31.3 Å². The van der Waals surface area contributed by atoms with E-state index in [4.69, 9.17) is 15.5 Å². The Hall–Kier alpha value is -3.73. The largest absolute Gasteiger partial charge is 0.384 e. The first-order chi connectivity index (χ1) is 14.2. The second-order valence-corrected chi connectivity index (χ2v) is 6.71. The number of aromatic nitrogens is 7. The Kier molecular flexibility index (Phi) is 4.21. The van der Waals surface area contributed by atoms with Gasteiger partial charge in [-0.2, -0.15) is 10.2 Å². The van der Waals surface area contributed by atoms with E-state index < -0.39 is 0 Å². The number of aryl methyl sites for hydroxylation is 1. The van der Waals surface area contributed by atoms with Gasteiger partial charge < -0.3 is 20.7 Å². The molecule has 0 unspecified atom stereocenters. The zero-order valence-corrected chi connectivity index (χ0v) is 15.8. The molecule has 0 aliphatic carbocycles. The average Bonchev–Trinajstić information content (AvgIpc) is 3.35. The van der Waals surface area contributed by atoms with Gasteiger partial charge in [0.05, 0.1) is 37.0 Å². The van der Waals surface area contributed by atoms with Crippen molar-refractivity contribution in [1.29, 1.82) is 0 Å². The van der Waals surface area contributed by atoms with Crippen LogP contribution in [-0.4, -0.2) is 61.1 Å². The van der Waals surface area contributed by atoms with Crippen LogP contribution in [0.4, 0.5) is 23.1 Å². The van der Waals surface area contributed by atoms with E-state index in [9.17, 15) is 0 Å². The lowest BCUT2D eigenvalue weighted by molar-refractivity contribution is 0.122. The molecule has 1 aliphatic rings. The Morgan fingerprint density at radius 2 is 2.03 bits per heavy atom. The lowest BCUT2D eigenvalue weighted by Gasteiger charge is -2.28. The average molecular weight is 392 g/mol. The Bertz CT molecular complexity index is 1130. The summed E-state index contributed by atoms with van der Waals surface area (Å²) in [6, 6.07) is 5.55. The van der Waals surface area contributed by atoms with Crippen LogP contribution < -0.4 is 16.0 Å². The van der Waals surface area contributed by atoms with E-state index in [1.165, 1.54) is 0 Å². The van der Waals surface area contributed by atoms with E-state index in [0.717, 1.165) is 18.8 Å². The zero-order valence-electron chi connectivity index (χ0n) is 15.8. The number of imidazole rings is 1. The molecule has 1 aliphatic heterocycles. The maximum Gasteiger partial charge on any atom is 0.162 e. The molecule has 0 spiro atoms. The monoisotopic (exact) mass is 392 g/mol. The van der Waals surface area contributed by atoms with Crippen molar-refractivity contribution in [1.82, 2.24) is 34.8 Å². The molecule has 5 rings (SSSR count). The highest BCUT2D eigenvalue weighted by molar-refractivity contribution is 5.78. The van der Waals surface area contributed by atoms with Crippen LogP contribution in [0.3, 0.4) is 0 Å². The topological polar surface area (TPSA) is 135 Å². The van der Waals surface area contributed by atoms with Crippen molar-refractivity contribution in [2.24, 2.45) is 0 Å². The number of hydrogen-bond acceptors (Lipinski definition) is 9. The molecule has 0 atom stereocenters. The number of hydrogen-bond donors (Lipinski definition) is 3. The van der Waals surface area contributed by atoms with E-state index in [-0.39, 0.29) is 0 Å². The van der Waals surface area contributed by atoms with E-state index in [1.807, 2.05) is 18.3 Å². The number of anilines is 4. The third-order valence-electron chi connectivity index (χ3n) is 4.69. The molecule has 0 bridgehead atoms. The summed E-state index contributed by atoms with van der Waals surface area (Å²) >= 11 is 0. The van der Waals surface area contributed by atoms with E-state index in [1.54, 1.807) is 23.7 Å². The molecule has 4 aromatic rings. The summed E-state index contributed by atoms with van der Waals surface area (Å²) in [4.78, 5) is 15.7. The van der Waals surface area contributed by atoms with Crippen LogP contribution in [0.5, 0.6) is 0 Å². The minimum absolute atomic E-state index is 0.389. The van der Waals surface area contributed by atoms with Gasteiger partial charge in [-0.05, 0) is 6.92 Å². The summed E-state index contributed by atoms with van der Waals surface area (Å²) in [5.74, 6) is 2.27. The maximum atomic E-state index is 5.96. The minimum Gasteiger partial charge on any atom is -0.384 e. The first-order valence-corrected chi connectivity index (χ1v) is 9.27.